The Morgan fingerprint density at radius 3 is 2.69 bits per heavy atom. The normalized spacial score (nSPS) is 11.5. The van der Waals surface area contributed by atoms with Gasteiger partial charge in [0.25, 0.3) is 5.91 Å². The van der Waals surface area contributed by atoms with Crippen molar-refractivity contribution in [2.75, 3.05) is 19.4 Å². The predicted molar refractivity (Wildman–Crippen MR) is 121 cm³/mol. The van der Waals surface area contributed by atoms with Gasteiger partial charge < -0.3 is 20.5 Å². The van der Waals surface area contributed by atoms with Crippen molar-refractivity contribution in [3.8, 4) is 22.8 Å². The fourth-order valence-electron chi connectivity index (χ4n) is 3.60. The van der Waals surface area contributed by atoms with Gasteiger partial charge in [0, 0.05) is 24.0 Å². The molecule has 182 valence electrons. The first-order chi connectivity index (χ1) is 16.6. The Kier molecular flexibility index (Phi) is 6.45. The maximum absolute atomic E-state index is 13.0. The summed E-state index contributed by atoms with van der Waals surface area (Å²) < 4.78 is 48.8. The summed E-state index contributed by atoms with van der Waals surface area (Å²) in [5.41, 5.74) is 8.69. The van der Waals surface area contributed by atoms with E-state index in [2.05, 4.69) is 25.1 Å². The summed E-state index contributed by atoms with van der Waals surface area (Å²) >= 11 is 0. The van der Waals surface area contributed by atoms with Crippen molar-refractivity contribution in [2.24, 2.45) is 0 Å². The number of alkyl halides is 3. The Morgan fingerprint density at radius 1 is 1.17 bits per heavy atom. The number of amides is 1. The van der Waals surface area contributed by atoms with Crippen LogP contribution in [-0.2, 0) is 6.42 Å². The van der Waals surface area contributed by atoms with Gasteiger partial charge in [0.2, 0.25) is 11.8 Å². The number of hydrogen-bond donors (Lipinski definition) is 2. The maximum Gasteiger partial charge on any atom is 0.573 e. The SMILES string of the molecule is COc1nc(C)c(-c2ccn3nc(N)nc3c2)cc1C(=O)NCCc1ccccc1OC(F)(F)F. The number of nitrogens with zero attached hydrogens (tertiary/aromatic N) is 4. The molecule has 3 aromatic heterocycles. The zero-order valence-corrected chi connectivity index (χ0v) is 18.8. The van der Waals surface area contributed by atoms with Crippen molar-refractivity contribution in [3.63, 3.8) is 0 Å². The number of carbonyl (C=O) groups is 1. The molecule has 0 saturated heterocycles. The molecular weight excluding hydrogens is 465 g/mol. The number of carbonyl (C=O) groups excluding carboxylic acids is 1. The summed E-state index contributed by atoms with van der Waals surface area (Å²) in [6.45, 7) is 1.84. The number of nitrogen functional groups attached to an aromatic ring is 1. The van der Waals surface area contributed by atoms with Gasteiger partial charge in [-0.1, -0.05) is 18.2 Å². The molecule has 0 aliphatic carbocycles. The highest BCUT2D eigenvalue weighted by molar-refractivity contribution is 5.97. The Labute approximate surface area is 197 Å². The van der Waals surface area contributed by atoms with Crippen LogP contribution in [0.25, 0.3) is 16.8 Å². The Hall–Kier alpha value is -4.35. The van der Waals surface area contributed by atoms with Gasteiger partial charge >= 0.3 is 6.36 Å². The Bertz CT molecular complexity index is 1390. The molecule has 0 aliphatic heterocycles. The smallest absolute Gasteiger partial charge is 0.480 e. The standard InChI is InChI=1S/C23H21F3N6O3/c1-13-16(15-8-10-32-19(11-15)30-22(27)31-32)12-17(21(29-13)34-2)20(33)28-9-7-14-5-3-4-6-18(14)35-23(24,25)26/h3-6,8,10-12H,7,9H2,1-2H3,(H2,27,31)(H,28,33). The first kappa shape index (κ1) is 23.8. The molecule has 0 aliphatic rings. The first-order valence-corrected chi connectivity index (χ1v) is 10.4. The fourth-order valence-corrected chi connectivity index (χ4v) is 3.60. The molecule has 4 rings (SSSR count). The van der Waals surface area contributed by atoms with Crippen LogP contribution in [0.4, 0.5) is 19.1 Å². The Balaban J connectivity index is 1.55. The molecule has 1 amide bonds. The largest absolute Gasteiger partial charge is 0.573 e. The van der Waals surface area contributed by atoms with Crippen LogP contribution < -0.4 is 20.5 Å². The third kappa shape index (κ3) is 5.42. The van der Waals surface area contributed by atoms with Crippen LogP contribution in [0.1, 0.15) is 21.6 Å². The number of methoxy groups -OCH3 is 1. The van der Waals surface area contributed by atoms with Gasteiger partial charge in [-0.3, -0.25) is 4.79 Å². The molecule has 0 spiro atoms. The highest BCUT2D eigenvalue weighted by Crippen LogP contribution is 2.29. The van der Waals surface area contributed by atoms with E-state index < -0.39 is 12.3 Å². The van der Waals surface area contributed by atoms with Gasteiger partial charge in [-0.2, -0.15) is 4.98 Å². The zero-order chi connectivity index (χ0) is 25.2. The van der Waals surface area contributed by atoms with E-state index in [1.165, 1.54) is 29.8 Å². The third-order valence-electron chi connectivity index (χ3n) is 5.16. The third-order valence-corrected chi connectivity index (χ3v) is 5.16. The van der Waals surface area contributed by atoms with Crippen LogP contribution in [0.2, 0.25) is 0 Å². The quantitative estimate of drug-likeness (QED) is 0.410. The number of nitrogens with two attached hydrogens (primary N) is 1. The number of pyridine rings is 2. The van der Waals surface area contributed by atoms with E-state index in [1.807, 2.05) is 0 Å². The van der Waals surface area contributed by atoms with Gasteiger partial charge in [-0.05, 0) is 48.7 Å². The van der Waals surface area contributed by atoms with Crippen molar-refractivity contribution < 1.29 is 27.4 Å². The minimum Gasteiger partial charge on any atom is -0.480 e. The van der Waals surface area contributed by atoms with E-state index in [1.54, 1.807) is 37.4 Å². The molecule has 4 aromatic rings. The number of nitrogens with one attached hydrogen (secondary N) is 1. The summed E-state index contributed by atoms with van der Waals surface area (Å²) in [6, 6.07) is 11.0. The molecule has 35 heavy (non-hydrogen) atoms. The van der Waals surface area contributed by atoms with Crippen LogP contribution in [0.15, 0.2) is 48.7 Å². The molecule has 0 bridgehead atoms. The van der Waals surface area contributed by atoms with Crippen molar-refractivity contribution in [1.29, 1.82) is 0 Å². The number of benzene rings is 1. The lowest BCUT2D eigenvalue weighted by Crippen LogP contribution is -2.27. The number of para-hydroxylation sites is 1. The van der Waals surface area contributed by atoms with E-state index in [0.717, 1.165) is 5.56 Å². The topological polar surface area (TPSA) is 117 Å². The average Bonchev–Trinajstić information content (AvgIpc) is 3.18. The molecule has 9 nitrogen and oxygen atoms in total. The summed E-state index contributed by atoms with van der Waals surface area (Å²) in [5, 5.41) is 6.74. The number of aromatic nitrogens is 4. The van der Waals surface area contributed by atoms with E-state index >= 15 is 0 Å². The van der Waals surface area contributed by atoms with E-state index in [4.69, 9.17) is 10.5 Å². The van der Waals surface area contributed by atoms with Crippen molar-refractivity contribution in [1.82, 2.24) is 24.9 Å². The molecule has 0 fully saturated rings. The molecule has 3 N–H and O–H groups in total. The summed E-state index contributed by atoms with van der Waals surface area (Å²) in [6.07, 6.45) is -2.99. The molecule has 3 heterocycles. The monoisotopic (exact) mass is 486 g/mol. The average molecular weight is 486 g/mol. The van der Waals surface area contributed by atoms with E-state index in [-0.39, 0.29) is 36.1 Å². The van der Waals surface area contributed by atoms with Gasteiger partial charge in [-0.25, -0.2) is 9.50 Å². The molecule has 0 atom stereocenters. The summed E-state index contributed by atoms with van der Waals surface area (Å²) in [7, 11) is 1.40. The first-order valence-electron chi connectivity index (χ1n) is 10.4. The highest BCUT2D eigenvalue weighted by Gasteiger charge is 2.32. The van der Waals surface area contributed by atoms with Crippen molar-refractivity contribution in [2.45, 2.75) is 19.7 Å². The van der Waals surface area contributed by atoms with E-state index in [9.17, 15) is 18.0 Å². The van der Waals surface area contributed by atoms with Gasteiger partial charge in [-0.15, -0.1) is 18.3 Å². The van der Waals surface area contributed by atoms with Gasteiger partial charge in [0.05, 0.1) is 7.11 Å². The lowest BCUT2D eigenvalue weighted by molar-refractivity contribution is -0.274. The number of rotatable bonds is 7. The van der Waals surface area contributed by atoms with Crippen molar-refractivity contribution in [3.05, 3.63) is 65.5 Å². The molecule has 0 radical (unpaired) electrons. The number of hydrogen-bond acceptors (Lipinski definition) is 7. The lowest BCUT2D eigenvalue weighted by atomic mass is 10.0. The predicted octanol–water partition coefficient (Wildman–Crippen LogP) is 3.56. The van der Waals surface area contributed by atoms with E-state index in [0.29, 0.717) is 22.5 Å². The molecular formula is C23H21F3N6O3. The second kappa shape index (κ2) is 9.49. The molecule has 1 aromatic carbocycles. The van der Waals surface area contributed by atoms with Crippen LogP contribution in [0.5, 0.6) is 11.6 Å². The molecule has 0 saturated carbocycles. The van der Waals surface area contributed by atoms with Crippen LogP contribution in [0.3, 0.4) is 0 Å². The van der Waals surface area contributed by atoms with Gasteiger partial charge in [0.1, 0.15) is 11.3 Å². The molecule has 12 heteroatoms. The number of fused-ring (bicyclic) bond motifs is 1. The van der Waals surface area contributed by atoms with Crippen LogP contribution in [0, 0.1) is 6.92 Å². The maximum atomic E-state index is 13.0. The van der Waals surface area contributed by atoms with Crippen LogP contribution >= 0.6 is 0 Å². The second-order valence-corrected chi connectivity index (χ2v) is 7.53. The minimum atomic E-state index is -4.81. The van der Waals surface area contributed by atoms with Crippen LogP contribution in [-0.4, -0.2) is 45.5 Å². The lowest BCUT2D eigenvalue weighted by Gasteiger charge is -2.15. The van der Waals surface area contributed by atoms with Crippen molar-refractivity contribution >= 4 is 17.5 Å². The summed E-state index contributed by atoms with van der Waals surface area (Å²) in [4.78, 5) is 21.5. The highest BCUT2D eigenvalue weighted by atomic mass is 19.4. The number of ether oxygens (including phenoxy) is 2. The number of aryl methyl sites for hydroxylation is 1. The van der Waals surface area contributed by atoms with Gasteiger partial charge in [0.15, 0.2) is 5.65 Å². The second-order valence-electron chi connectivity index (χ2n) is 7.53. The zero-order valence-electron chi connectivity index (χ0n) is 18.8. The molecule has 0 unspecified atom stereocenters. The number of anilines is 1. The fraction of sp³-hybridized carbons (Fsp3) is 0.217. The summed E-state index contributed by atoms with van der Waals surface area (Å²) in [5.74, 6) is -0.542. The number of halogens is 3. The minimum absolute atomic E-state index is 0.0639. The Morgan fingerprint density at radius 2 is 1.94 bits per heavy atom.